The molecule has 0 saturated heterocycles. The molecule has 0 aromatic heterocycles. The van der Waals surface area contributed by atoms with Crippen LogP contribution in [0.2, 0.25) is 0 Å². The van der Waals surface area contributed by atoms with Crippen molar-refractivity contribution in [2.75, 3.05) is 20.7 Å². The highest BCUT2D eigenvalue weighted by molar-refractivity contribution is 14.0. The number of nitrogens with zero attached hydrogens (tertiary/aromatic N) is 1. The molecule has 1 aliphatic rings. The molecule has 0 aliphatic heterocycles. The number of aliphatic imine (C=N–C) groups is 1. The van der Waals surface area contributed by atoms with Gasteiger partial charge in [-0.15, -0.1) is 24.0 Å². The van der Waals surface area contributed by atoms with E-state index >= 15 is 0 Å². The van der Waals surface area contributed by atoms with Crippen molar-refractivity contribution >= 4 is 29.9 Å². The van der Waals surface area contributed by atoms with E-state index in [1.54, 1.807) is 7.11 Å². The van der Waals surface area contributed by atoms with Crippen molar-refractivity contribution in [3.05, 3.63) is 29.8 Å². The Morgan fingerprint density at radius 1 is 1.22 bits per heavy atom. The third-order valence-corrected chi connectivity index (χ3v) is 4.49. The van der Waals surface area contributed by atoms with Crippen LogP contribution in [-0.4, -0.2) is 32.7 Å². The summed E-state index contributed by atoms with van der Waals surface area (Å²) < 4.78 is 5.23. The predicted molar refractivity (Wildman–Crippen MR) is 108 cm³/mol. The highest BCUT2D eigenvalue weighted by Crippen LogP contribution is 2.24. The quantitative estimate of drug-likeness (QED) is 0.425. The number of halogens is 1. The summed E-state index contributed by atoms with van der Waals surface area (Å²) in [6.07, 6.45) is 5.16. The van der Waals surface area contributed by atoms with Crippen LogP contribution in [0.1, 0.15) is 45.1 Å². The lowest BCUT2D eigenvalue weighted by Crippen LogP contribution is -2.46. The monoisotopic (exact) mass is 431 g/mol. The fraction of sp³-hybridized carbons (Fsp3) is 0.611. The molecule has 0 bridgehead atoms. The van der Waals surface area contributed by atoms with Gasteiger partial charge < -0.3 is 15.4 Å². The van der Waals surface area contributed by atoms with Crippen molar-refractivity contribution in [3.63, 3.8) is 0 Å². The molecule has 0 spiro atoms. The summed E-state index contributed by atoms with van der Waals surface area (Å²) >= 11 is 0. The molecule has 2 rings (SSSR count). The van der Waals surface area contributed by atoms with Gasteiger partial charge in [-0.2, -0.15) is 0 Å². The maximum atomic E-state index is 5.23. The average Bonchev–Trinajstić information content (AvgIpc) is 3.04. The number of guanidine groups is 1. The first-order chi connectivity index (χ1) is 10.5. The molecule has 1 saturated carbocycles. The SMILES string of the molecule is CN=C(NCC(C)(C)c1ccc(OC)cc1)NC1CCCC1.I. The van der Waals surface area contributed by atoms with Crippen LogP contribution in [0.3, 0.4) is 0 Å². The molecule has 130 valence electrons. The third kappa shape index (κ3) is 5.86. The fourth-order valence-corrected chi connectivity index (χ4v) is 2.91. The fourth-order valence-electron chi connectivity index (χ4n) is 2.91. The number of methoxy groups -OCH3 is 1. The molecule has 5 heteroatoms. The van der Waals surface area contributed by atoms with Crippen LogP contribution >= 0.6 is 24.0 Å². The molecule has 1 aromatic rings. The van der Waals surface area contributed by atoms with Gasteiger partial charge in [0.25, 0.3) is 0 Å². The van der Waals surface area contributed by atoms with Gasteiger partial charge in [0.1, 0.15) is 5.75 Å². The second kappa shape index (κ2) is 9.35. The van der Waals surface area contributed by atoms with E-state index in [4.69, 9.17) is 4.74 Å². The highest BCUT2D eigenvalue weighted by Gasteiger charge is 2.22. The Hall–Kier alpha value is -0.980. The average molecular weight is 431 g/mol. The number of hydrogen-bond donors (Lipinski definition) is 2. The zero-order valence-corrected chi connectivity index (χ0v) is 17.0. The molecule has 1 aliphatic carbocycles. The number of rotatable bonds is 5. The van der Waals surface area contributed by atoms with Crippen molar-refractivity contribution in [1.82, 2.24) is 10.6 Å². The lowest BCUT2D eigenvalue weighted by molar-refractivity contribution is 0.414. The number of benzene rings is 1. The predicted octanol–water partition coefficient (Wildman–Crippen LogP) is 3.70. The molecule has 0 atom stereocenters. The van der Waals surface area contributed by atoms with Crippen LogP contribution in [0, 0.1) is 0 Å². The Bertz CT molecular complexity index is 493. The van der Waals surface area contributed by atoms with Crippen LogP contribution in [0.25, 0.3) is 0 Å². The lowest BCUT2D eigenvalue weighted by atomic mass is 9.84. The van der Waals surface area contributed by atoms with Gasteiger partial charge in [-0.05, 0) is 30.5 Å². The second-order valence-electron chi connectivity index (χ2n) is 6.66. The molecule has 2 N–H and O–H groups in total. The molecule has 0 radical (unpaired) electrons. The van der Waals surface area contributed by atoms with E-state index in [0.717, 1.165) is 18.3 Å². The summed E-state index contributed by atoms with van der Waals surface area (Å²) in [6, 6.07) is 8.88. The van der Waals surface area contributed by atoms with Crippen molar-refractivity contribution in [2.45, 2.75) is 51.0 Å². The molecular formula is C18H30IN3O. The van der Waals surface area contributed by atoms with Crippen LogP contribution in [0.15, 0.2) is 29.3 Å². The maximum absolute atomic E-state index is 5.23. The largest absolute Gasteiger partial charge is 0.497 e. The van der Waals surface area contributed by atoms with Crippen molar-refractivity contribution < 1.29 is 4.74 Å². The van der Waals surface area contributed by atoms with Crippen LogP contribution in [0.5, 0.6) is 5.75 Å². The van der Waals surface area contributed by atoms with Gasteiger partial charge in [0, 0.05) is 25.0 Å². The van der Waals surface area contributed by atoms with E-state index < -0.39 is 0 Å². The topological polar surface area (TPSA) is 45.7 Å². The maximum Gasteiger partial charge on any atom is 0.191 e. The number of ether oxygens (including phenoxy) is 1. The summed E-state index contributed by atoms with van der Waals surface area (Å²) in [5, 5.41) is 7.00. The van der Waals surface area contributed by atoms with Crippen LogP contribution < -0.4 is 15.4 Å². The summed E-state index contributed by atoms with van der Waals surface area (Å²) in [4.78, 5) is 4.35. The van der Waals surface area contributed by atoms with E-state index in [1.165, 1.54) is 31.2 Å². The van der Waals surface area contributed by atoms with Crippen LogP contribution in [0.4, 0.5) is 0 Å². The number of nitrogens with one attached hydrogen (secondary N) is 2. The van der Waals surface area contributed by atoms with Crippen molar-refractivity contribution in [3.8, 4) is 5.75 Å². The Balaban J connectivity index is 0.00000264. The van der Waals surface area contributed by atoms with Crippen molar-refractivity contribution in [2.24, 2.45) is 4.99 Å². The first-order valence-electron chi connectivity index (χ1n) is 8.17. The summed E-state index contributed by atoms with van der Waals surface area (Å²) in [5.41, 5.74) is 1.32. The van der Waals surface area contributed by atoms with E-state index in [2.05, 4.69) is 41.6 Å². The molecule has 1 fully saturated rings. The van der Waals surface area contributed by atoms with Gasteiger partial charge in [0.05, 0.1) is 7.11 Å². The minimum atomic E-state index is 0. The molecular weight excluding hydrogens is 401 g/mol. The minimum absolute atomic E-state index is 0. The molecule has 23 heavy (non-hydrogen) atoms. The molecule has 1 aromatic carbocycles. The smallest absolute Gasteiger partial charge is 0.191 e. The second-order valence-corrected chi connectivity index (χ2v) is 6.66. The Morgan fingerprint density at radius 3 is 2.35 bits per heavy atom. The molecule has 4 nitrogen and oxygen atoms in total. The normalized spacial score (nSPS) is 15.9. The van der Waals surface area contributed by atoms with E-state index in [9.17, 15) is 0 Å². The Kier molecular flexibility index (Phi) is 8.16. The molecule has 0 unspecified atom stereocenters. The summed E-state index contributed by atoms with van der Waals surface area (Å²) in [5.74, 6) is 1.81. The van der Waals surface area contributed by atoms with Gasteiger partial charge >= 0.3 is 0 Å². The lowest BCUT2D eigenvalue weighted by Gasteiger charge is -2.27. The first-order valence-corrected chi connectivity index (χ1v) is 8.17. The highest BCUT2D eigenvalue weighted by atomic mass is 127. The standard InChI is InChI=1S/C18H29N3O.HI/c1-18(2,14-9-11-16(22-4)12-10-14)13-20-17(19-3)21-15-7-5-6-8-15;/h9-12,15H,5-8,13H2,1-4H3,(H2,19,20,21);1H. The third-order valence-electron chi connectivity index (χ3n) is 4.49. The van der Waals surface area contributed by atoms with Gasteiger partial charge in [0.2, 0.25) is 0 Å². The minimum Gasteiger partial charge on any atom is -0.497 e. The summed E-state index contributed by atoms with van der Waals surface area (Å²) in [7, 11) is 3.53. The molecule has 0 heterocycles. The van der Waals surface area contributed by atoms with Gasteiger partial charge in [-0.1, -0.05) is 38.8 Å². The Morgan fingerprint density at radius 2 is 1.83 bits per heavy atom. The van der Waals surface area contributed by atoms with Crippen LogP contribution in [-0.2, 0) is 5.41 Å². The van der Waals surface area contributed by atoms with E-state index in [0.29, 0.717) is 6.04 Å². The van der Waals surface area contributed by atoms with Crippen molar-refractivity contribution in [1.29, 1.82) is 0 Å². The first kappa shape index (κ1) is 20.1. The Labute approximate surface area is 157 Å². The number of hydrogen-bond acceptors (Lipinski definition) is 2. The van der Waals surface area contributed by atoms with Gasteiger partial charge in [0.15, 0.2) is 5.96 Å². The van der Waals surface area contributed by atoms with E-state index in [-0.39, 0.29) is 29.4 Å². The summed E-state index contributed by atoms with van der Waals surface area (Å²) in [6.45, 7) is 5.32. The molecule has 0 amide bonds. The zero-order valence-electron chi connectivity index (χ0n) is 14.7. The zero-order chi connectivity index (χ0) is 16.0. The van der Waals surface area contributed by atoms with Gasteiger partial charge in [-0.25, -0.2) is 0 Å². The van der Waals surface area contributed by atoms with E-state index in [1.807, 2.05) is 19.2 Å². The van der Waals surface area contributed by atoms with Gasteiger partial charge in [-0.3, -0.25) is 4.99 Å².